The van der Waals surface area contributed by atoms with Crippen molar-refractivity contribution in [1.82, 2.24) is 9.78 Å². The summed E-state index contributed by atoms with van der Waals surface area (Å²) in [5.41, 5.74) is 0.770. The molecular weight excluding hydrogens is 172 g/mol. The molecule has 1 aromatic rings. The van der Waals surface area contributed by atoms with Gasteiger partial charge in [0.15, 0.2) is 0 Å². The van der Waals surface area contributed by atoms with Crippen molar-refractivity contribution in [2.75, 3.05) is 7.11 Å². The van der Waals surface area contributed by atoms with Gasteiger partial charge in [-0.25, -0.2) is 4.79 Å². The van der Waals surface area contributed by atoms with Gasteiger partial charge >= 0.3 is 5.97 Å². The Balaban J connectivity index is 3.15. The number of aryl methyl sites for hydroxylation is 1. The van der Waals surface area contributed by atoms with Gasteiger partial charge in [0.1, 0.15) is 5.56 Å². The Labute approximate surface area is 75.9 Å². The molecule has 0 radical (unpaired) electrons. The number of aromatic nitrogens is 2. The van der Waals surface area contributed by atoms with Crippen LogP contribution in [0, 0.1) is 0 Å². The molecule has 1 aromatic heterocycles. The van der Waals surface area contributed by atoms with Crippen molar-refractivity contribution in [3.05, 3.63) is 17.5 Å². The van der Waals surface area contributed by atoms with Crippen molar-refractivity contribution in [3.63, 3.8) is 0 Å². The van der Waals surface area contributed by atoms with E-state index >= 15 is 0 Å². The number of esters is 1. The van der Waals surface area contributed by atoms with Gasteiger partial charge < -0.3 is 9.84 Å². The molecule has 0 fully saturated rings. The zero-order chi connectivity index (χ0) is 10.0. The Morgan fingerprint density at radius 2 is 2.38 bits per heavy atom. The summed E-state index contributed by atoms with van der Waals surface area (Å²) in [4.78, 5) is 11.2. The first kappa shape index (κ1) is 9.73. The number of hydrogen-bond donors (Lipinski definition) is 1. The first-order valence-corrected chi connectivity index (χ1v) is 3.86. The van der Waals surface area contributed by atoms with E-state index in [0.717, 1.165) is 0 Å². The second-order valence-electron chi connectivity index (χ2n) is 2.73. The Kier molecular flexibility index (Phi) is 2.67. The van der Waals surface area contributed by atoms with E-state index in [2.05, 4.69) is 9.84 Å². The zero-order valence-corrected chi connectivity index (χ0v) is 7.81. The normalized spacial score (nSPS) is 12.6. The van der Waals surface area contributed by atoms with Crippen LogP contribution >= 0.6 is 0 Å². The van der Waals surface area contributed by atoms with Crippen molar-refractivity contribution in [2.45, 2.75) is 13.0 Å². The molecule has 0 bridgehead atoms. The minimum absolute atomic E-state index is 0.306. The monoisotopic (exact) mass is 184 g/mol. The van der Waals surface area contributed by atoms with Gasteiger partial charge in [0, 0.05) is 7.05 Å². The molecule has 0 spiro atoms. The maximum Gasteiger partial charge on any atom is 0.341 e. The van der Waals surface area contributed by atoms with Crippen LogP contribution in [-0.4, -0.2) is 28.0 Å². The van der Waals surface area contributed by atoms with E-state index in [1.54, 1.807) is 14.0 Å². The van der Waals surface area contributed by atoms with Crippen molar-refractivity contribution >= 4 is 5.97 Å². The number of hydrogen-bond acceptors (Lipinski definition) is 4. The molecule has 0 aromatic carbocycles. The molecule has 0 aliphatic heterocycles. The summed E-state index contributed by atoms with van der Waals surface area (Å²) in [5.74, 6) is -0.482. The van der Waals surface area contributed by atoms with Gasteiger partial charge in [0.25, 0.3) is 0 Å². The maximum atomic E-state index is 11.2. The number of aliphatic hydroxyl groups is 1. The standard InChI is InChI=1S/C8H12N2O3/c1-5(11)7-6(8(12)13-3)4-9-10(7)2/h4-5,11H,1-3H3/t5-/m1/s1. The minimum atomic E-state index is -0.735. The number of nitrogens with zero attached hydrogens (tertiary/aromatic N) is 2. The average Bonchev–Trinajstić information content (AvgIpc) is 2.45. The highest BCUT2D eigenvalue weighted by Crippen LogP contribution is 2.16. The Morgan fingerprint density at radius 1 is 1.77 bits per heavy atom. The van der Waals surface area contributed by atoms with Crippen LogP contribution in [0.1, 0.15) is 29.1 Å². The molecule has 1 atom stereocenters. The first-order valence-electron chi connectivity index (χ1n) is 3.86. The summed E-state index contributed by atoms with van der Waals surface area (Å²) < 4.78 is 5.99. The maximum absolute atomic E-state index is 11.2. The summed E-state index contributed by atoms with van der Waals surface area (Å²) >= 11 is 0. The Hall–Kier alpha value is -1.36. The van der Waals surface area contributed by atoms with Gasteiger partial charge in [-0.15, -0.1) is 0 Å². The second-order valence-corrected chi connectivity index (χ2v) is 2.73. The summed E-state index contributed by atoms with van der Waals surface area (Å²) in [5, 5.41) is 13.2. The van der Waals surface area contributed by atoms with Gasteiger partial charge in [0.05, 0.1) is 25.1 Å². The lowest BCUT2D eigenvalue weighted by Gasteiger charge is -2.06. The Morgan fingerprint density at radius 3 is 2.85 bits per heavy atom. The fourth-order valence-electron chi connectivity index (χ4n) is 1.21. The van der Waals surface area contributed by atoms with Crippen LogP contribution in [-0.2, 0) is 11.8 Å². The highest BCUT2D eigenvalue weighted by molar-refractivity contribution is 5.90. The van der Waals surface area contributed by atoms with Crippen LogP contribution < -0.4 is 0 Å². The second kappa shape index (κ2) is 3.57. The summed E-state index contributed by atoms with van der Waals surface area (Å²) in [6.45, 7) is 1.57. The fraction of sp³-hybridized carbons (Fsp3) is 0.500. The lowest BCUT2D eigenvalue weighted by Crippen LogP contribution is -2.09. The third-order valence-electron chi connectivity index (χ3n) is 1.79. The van der Waals surface area contributed by atoms with Crippen molar-refractivity contribution in [1.29, 1.82) is 0 Å². The number of methoxy groups -OCH3 is 1. The molecular formula is C8H12N2O3. The van der Waals surface area contributed by atoms with Gasteiger partial charge in [0.2, 0.25) is 0 Å². The van der Waals surface area contributed by atoms with E-state index < -0.39 is 12.1 Å². The molecule has 5 nitrogen and oxygen atoms in total. The van der Waals surface area contributed by atoms with Crippen LogP contribution in [0.2, 0.25) is 0 Å². The van der Waals surface area contributed by atoms with E-state index in [0.29, 0.717) is 11.3 Å². The lowest BCUT2D eigenvalue weighted by molar-refractivity contribution is 0.0593. The number of carbonyl (C=O) groups is 1. The van der Waals surface area contributed by atoms with Gasteiger partial charge in [-0.2, -0.15) is 5.10 Å². The fourth-order valence-corrected chi connectivity index (χ4v) is 1.21. The molecule has 0 unspecified atom stereocenters. The molecule has 0 saturated carbocycles. The third-order valence-corrected chi connectivity index (χ3v) is 1.79. The third kappa shape index (κ3) is 1.70. The number of ether oxygens (including phenoxy) is 1. The van der Waals surface area contributed by atoms with E-state index in [9.17, 15) is 9.90 Å². The Bertz CT molecular complexity index is 317. The number of rotatable bonds is 2. The first-order chi connectivity index (χ1) is 6.07. The molecule has 0 amide bonds. The predicted molar refractivity (Wildman–Crippen MR) is 45.2 cm³/mol. The van der Waals surface area contributed by atoms with Gasteiger partial charge in [-0.1, -0.05) is 0 Å². The molecule has 0 aliphatic carbocycles. The van der Waals surface area contributed by atoms with Gasteiger partial charge in [-0.05, 0) is 6.92 Å². The lowest BCUT2D eigenvalue weighted by atomic mass is 10.2. The van der Waals surface area contributed by atoms with E-state index in [1.165, 1.54) is 18.0 Å². The van der Waals surface area contributed by atoms with Crippen LogP contribution in [0.3, 0.4) is 0 Å². The molecule has 13 heavy (non-hydrogen) atoms. The molecule has 72 valence electrons. The smallest absolute Gasteiger partial charge is 0.341 e. The quantitative estimate of drug-likeness (QED) is 0.669. The summed E-state index contributed by atoms with van der Waals surface area (Å²) in [6.07, 6.45) is 0.648. The highest BCUT2D eigenvalue weighted by Gasteiger charge is 2.19. The van der Waals surface area contributed by atoms with Gasteiger partial charge in [-0.3, -0.25) is 4.68 Å². The largest absolute Gasteiger partial charge is 0.465 e. The number of aliphatic hydroxyl groups excluding tert-OH is 1. The predicted octanol–water partition coefficient (Wildman–Crippen LogP) is 0.260. The van der Waals surface area contributed by atoms with Crippen LogP contribution in [0.4, 0.5) is 0 Å². The molecule has 1 heterocycles. The molecule has 0 saturated heterocycles. The minimum Gasteiger partial charge on any atom is -0.465 e. The SMILES string of the molecule is COC(=O)c1cnn(C)c1[C@@H](C)O. The average molecular weight is 184 g/mol. The van der Waals surface area contributed by atoms with Crippen LogP contribution in [0.5, 0.6) is 0 Å². The van der Waals surface area contributed by atoms with Crippen LogP contribution in [0.25, 0.3) is 0 Å². The summed E-state index contributed by atoms with van der Waals surface area (Å²) in [6, 6.07) is 0. The van der Waals surface area contributed by atoms with Crippen molar-refractivity contribution in [3.8, 4) is 0 Å². The van der Waals surface area contributed by atoms with E-state index in [4.69, 9.17) is 0 Å². The number of carbonyl (C=O) groups excluding carboxylic acids is 1. The van der Waals surface area contributed by atoms with E-state index in [1.807, 2.05) is 0 Å². The molecule has 1 rings (SSSR count). The van der Waals surface area contributed by atoms with Crippen LogP contribution in [0.15, 0.2) is 6.20 Å². The van der Waals surface area contributed by atoms with Crippen molar-refractivity contribution in [2.24, 2.45) is 7.05 Å². The van der Waals surface area contributed by atoms with E-state index in [-0.39, 0.29) is 0 Å². The summed E-state index contributed by atoms with van der Waals surface area (Å²) in [7, 11) is 2.95. The highest BCUT2D eigenvalue weighted by atomic mass is 16.5. The zero-order valence-electron chi connectivity index (χ0n) is 7.81. The molecule has 1 N–H and O–H groups in total. The molecule has 5 heteroatoms. The molecule has 0 aliphatic rings. The van der Waals surface area contributed by atoms with Crippen molar-refractivity contribution < 1.29 is 14.6 Å². The topological polar surface area (TPSA) is 64.3 Å².